The van der Waals surface area contributed by atoms with Crippen LogP contribution in [-0.2, 0) is 37.3 Å². The van der Waals surface area contributed by atoms with Gasteiger partial charge in [-0.2, -0.15) is 0 Å². The standard InChI is InChI=1S/C31H38N4O8/c1-29(2,3)43-28(39)35-15-19(33-16-35)14-20(34-23(37)9-12-32)27(38)41-22-8-11-31(40)18-5-4-10-30(31)24-17(13-18)6-7-21(36)25(24)42-26(22)30/h6-8,15-16,18,20,26,36,40H,4-5,9-14,32H2,1-3H3,(H,34,37)/t18-,20+,26+,30?,31-/m1/s1. The molecule has 230 valence electrons. The Bertz CT molecular complexity index is 1510. The molecule has 3 aliphatic carbocycles. The molecule has 0 saturated heterocycles. The van der Waals surface area contributed by atoms with E-state index in [1.54, 1.807) is 32.9 Å². The van der Waals surface area contributed by atoms with Crippen molar-refractivity contribution in [2.75, 3.05) is 6.54 Å². The van der Waals surface area contributed by atoms with Crippen LogP contribution < -0.4 is 15.8 Å². The zero-order chi connectivity index (χ0) is 30.7. The van der Waals surface area contributed by atoms with E-state index < -0.39 is 46.7 Å². The van der Waals surface area contributed by atoms with Gasteiger partial charge < -0.3 is 35.5 Å². The number of nitrogens with one attached hydrogen (secondary N) is 1. The Morgan fingerprint density at radius 3 is 2.84 bits per heavy atom. The normalized spacial score (nSPS) is 27.3. The molecule has 0 radical (unpaired) electrons. The largest absolute Gasteiger partial charge is 0.504 e. The highest BCUT2D eigenvalue weighted by molar-refractivity contribution is 5.85. The number of esters is 1. The van der Waals surface area contributed by atoms with Gasteiger partial charge in [-0.05, 0) is 70.1 Å². The number of aromatic hydroxyl groups is 1. The minimum atomic E-state index is -1.15. The molecule has 2 heterocycles. The van der Waals surface area contributed by atoms with E-state index in [1.165, 1.54) is 17.1 Å². The minimum absolute atomic E-state index is 0.000539. The molecule has 2 aromatic rings. The molecule has 5 N–H and O–H groups in total. The van der Waals surface area contributed by atoms with Crippen molar-refractivity contribution in [2.24, 2.45) is 11.7 Å². The molecule has 1 amide bonds. The summed E-state index contributed by atoms with van der Waals surface area (Å²) in [7, 11) is 0. The number of ether oxygens (including phenoxy) is 3. The summed E-state index contributed by atoms with van der Waals surface area (Å²) in [4.78, 5) is 43.0. The van der Waals surface area contributed by atoms with Crippen molar-refractivity contribution in [2.45, 2.75) is 94.5 Å². The van der Waals surface area contributed by atoms with Gasteiger partial charge in [0.15, 0.2) is 17.6 Å². The van der Waals surface area contributed by atoms with Gasteiger partial charge in [-0.1, -0.05) is 12.5 Å². The molecule has 12 heteroatoms. The highest BCUT2D eigenvalue weighted by atomic mass is 16.6. The first-order valence-corrected chi connectivity index (χ1v) is 14.8. The number of carbonyl (C=O) groups is 3. The summed E-state index contributed by atoms with van der Waals surface area (Å²) in [5.41, 5.74) is 5.06. The number of imidazole rings is 1. The summed E-state index contributed by atoms with van der Waals surface area (Å²) in [6, 6.07) is 2.35. The number of amides is 1. The van der Waals surface area contributed by atoms with E-state index in [9.17, 15) is 24.6 Å². The first kappa shape index (κ1) is 29.2. The van der Waals surface area contributed by atoms with Crippen molar-refractivity contribution in [1.82, 2.24) is 14.9 Å². The third-order valence-corrected chi connectivity index (χ3v) is 9.13. The molecule has 4 aliphatic rings. The molecule has 5 atom stereocenters. The second kappa shape index (κ2) is 10.4. The van der Waals surface area contributed by atoms with Crippen LogP contribution in [0.2, 0.25) is 0 Å². The second-order valence-electron chi connectivity index (χ2n) is 13.0. The Morgan fingerprint density at radius 1 is 1.30 bits per heavy atom. The van der Waals surface area contributed by atoms with Crippen LogP contribution in [0.4, 0.5) is 4.79 Å². The van der Waals surface area contributed by atoms with Crippen molar-refractivity contribution in [1.29, 1.82) is 0 Å². The Kier molecular flexibility index (Phi) is 7.04. The number of nitrogens with zero attached hydrogens (tertiary/aromatic N) is 2. The number of benzene rings is 1. The van der Waals surface area contributed by atoms with Gasteiger partial charge >= 0.3 is 12.1 Å². The lowest BCUT2D eigenvalue weighted by molar-refractivity contribution is -0.161. The van der Waals surface area contributed by atoms with Gasteiger partial charge in [-0.3, -0.25) is 4.79 Å². The van der Waals surface area contributed by atoms with E-state index in [4.69, 9.17) is 19.9 Å². The average molecular weight is 595 g/mol. The van der Waals surface area contributed by atoms with E-state index in [0.717, 1.165) is 24.0 Å². The third kappa shape index (κ3) is 4.76. The molecule has 1 aliphatic heterocycles. The Balaban J connectivity index is 1.27. The van der Waals surface area contributed by atoms with Crippen LogP contribution >= 0.6 is 0 Å². The summed E-state index contributed by atoms with van der Waals surface area (Å²) in [6.45, 7) is 5.33. The summed E-state index contributed by atoms with van der Waals surface area (Å²) >= 11 is 0. The van der Waals surface area contributed by atoms with Gasteiger partial charge in [0, 0.05) is 31.1 Å². The van der Waals surface area contributed by atoms with Crippen LogP contribution in [0.3, 0.4) is 0 Å². The van der Waals surface area contributed by atoms with Gasteiger partial charge in [0.2, 0.25) is 5.91 Å². The van der Waals surface area contributed by atoms with E-state index >= 15 is 0 Å². The molecule has 1 fully saturated rings. The molecule has 1 unspecified atom stereocenters. The van der Waals surface area contributed by atoms with E-state index in [-0.39, 0.29) is 43.2 Å². The maximum absolute atomic E-state index is 13.7. The molecular formula is C31H38N4O8. The first-order chi connectivity index (χ1) is 20.4. The van der Waals surface area contributed by atoms with Gasteiger partial charge in [0.05, 0.1) is 16.7 Å². The van der Waals surface area contributed by atoms with Crippen molar-refractivity contribution in [3.05, 3.63) is 53.3 Å². The number of aliphatic hydroxyl groups is 1. The molecular weight excluding hydrogens is 556 g/mol. The summed E-state index contributed by atoms with van der Waals surface area (Å²) in [6.07, 6.45) is 6.19. The number of nitrogens with two attached hydrogens (primary N) is 1. The maximum atomic E-state index is 13.7. The Morgan fingerprint density at radius 2 is 2.09 bits per heavy atom. The number of aromatic nitrogens is 2. The fourth-order valence-electron chi connectivity index (χ4n) is 7.40. The quantitative estimate of drug-likeness (QED) is 0.348. The van der Waals surface area contributed by atoms with Crippen LogP contribution in [-0.4, -0.2) is 67.6 Å². The lowest BCUT2D eigenvalue weighted by atomic mass is 9.47. The molecule has 6 rings (SSSR count). The number of phenolic OH excluding ortho intramolecular Hbond substituents is 1. The number of hydrogen-bond acceptors (Lipinski definition) is 10. The van der Waals surface area contributed by atoms with Gasteiger partial charge in [0.25, 0.3) is 0 Å². The number of rotatable bonds is 7. The van der Waals surface area contributed by atoms with E-state index in [1.807, 2.05) is 6.07 Å². The Hall–Kier alpha value is -3.90. The van der Waals surface area contributed by atoms with E-state index in [0.29, 0.717) is 24.3 Å². The predicted octanol–water partition coefficient (Wildman–Crippen LogP) is 2.37. The first-order valence-electron chi connectivity index (χ1n) is 14.8. The SMILES string of the molecule is CC(C)(C)OC(=O)n1cnc(C[C@H](NC(=O)CCN)C(=O)OC2=CC[C@@]3(O)[C@@H]4CCCC35c3c(ccc(O)c3O[C@@H]25)C4)c1. The average Bonchev–Trinajstić information content (AvgIpc) is 3.53. The van der Waals surface area contributed by atoms with Crippen molar-refractivity contribution < 1.29 is 38.8 Å². The number of carbonyl (C=O) groups excluding carboxylic acids is 3. The van der Waals surface area contributed by atoms with Gasteiger partial charge in [-0.25, -0.2) is 19.1 Å². The smallest absolute Gasteiger partial charge is 0.419 e. The van der Waals surface area contributed by atoms with Crippen LogP contribution in [0, 0.1) is 5.92 Å². The maximum Gasteiger partial charge on any atom is 0.419 e. The second-order valence-corrected chi connectivity index (χ2v) is 13.0. The van der Waals surface area contributed by atoms with Gasteiger partial charge in [0.1, 0.15) is 23.7 Å². The van der Waals surface area contributed by atoms with Crippen LogP contribution in [0.15, 0.2) is 36.5 Å². The zero-order valence-corrected chi connectivity index (χ0v) is 24.6. The van der Waals surface area contributed by atoms with Crippen LogP contribution in [0.5, 0.6) is 11.5 Å². The summed E-state index contributed by atoms with van der Waals surface area (Å²) < 4.78 is 18.9. The number of hydrogen-bond donors (Lipinski definition) is 4. The molecule has 1 aromatic carbocycles. The highest BCUT2D eigenvalue weighted by Gasteiger charge is 2.70. The molecule has 43 heavy (non-hydrogen) atoms. The third-order valence-electron chi connectivity index (χ3n) is 9.13. The Labute approximate surface area is 249 Å². The zero-order valence-electron chi connectivity index (χ0n) is 24.6. The topological polar surface area (TPSA) is 175 Å². The minimum Gasteiger partial charge on any atom is -0.504 e. The lowest BCUT2D eigenvalue weighted by Crippen LogP contribution is -2.67. The monoisotopic (exact) mass is 594 g/mol. The van der Waals surface area contributed by atoms with Crippen LogP contribution in [0.25, 0.3) is 0 Å². The summed E-state index contributed by atoms with van der Waals surface area (Å²) in [5, 5.41) is 25.6. The fraction of sp³-hybridized carbons (Fsp3) is 0.548. The summed E-state index contributed by atoms with van der Waals surface area (Å²) in [5.74, 6) is -0.651. The van der Waals surface area contributed by atoms with E-state index in [2.05, 4.69) is 10.3 Å². The van der Waals surface area contributed by atoms with Crippen molar-refractivity contribution in [3.63, 3.8) is 0 Å². The molecule has 2 bridgehead atoms. The molecule has 1 saturated carbocycles. The predicted molar refractivity (Wildman–Crippen MR) is 152 cm³/mol. The molecule has 1 aromatic heterocycles. The number of phenols is 1. The highest BCUT2D eigenvalue weighted by Crippen LogP contribution is 2.67. The molecule has 1 spiro atoms. The van der Waals surface area contributed by atoms with Crippen LogP contribution in [0.1, 0.15) is 69.7 Å². The van der Waals surface area contributed by atoms with Crippen molar-refractivity contribution in [3.8, 4) is 11.5 Å². The van der Waals surface area contributed by atoms with Crippen molar-refractivity contribution >= 4 is 18.0 Å². The molecule has 12 nitrogen and oxygen atoms in total. The lowest BCUT2D eigenvalue weighted by Gasteiger charge is -2.59. The van der Waals surface area contributed by atoms with Gasteiger partial charge in [-0.15, -0.1) is 0 Å². The fourth-order valence-corrected chi connectivity index (χ4v) is 7.40.